The van der Waals surface area contributed by atoms with Crippen molar-refractivity contribution in [2.24, 2.45) is 0 Å². The van der Waals surface area contributed by atoms with Gasteiger partial charge in [-0.1, -0.05) is 11.6 Å². The molecule has 0 bridgehead atoms. The average Bonchev–Trinajstić information content (AvgIpc) is 2.75. The van der Waals surface area contributed by atoms with E-state index in [-0.39, 0.29) is 0 Å². The summed E-state index contributed by atoms with van der Waals surface area (Å²) in [5.74, 6) is 1.39. The van der Waals surface area contributed by atoms with Crippen LogP contribution in [0.2, 0.25) is 5.02 Å². The first-order chi connectivity index (χ1) is 9.19. The van der Waals surface area contributed by atoms with Crippen molar-refractivity contribution in [1.29, 1.82) is 0 Å². The molecule has 0 aliphatic rings. The molecule has 2 aromatic heterocycles. The Morgan fingerprint density at radius 1 is 1.21 bits per heavy atom. The third-order valence-corrected chi connectivity index (χ3v) is 3.22. The number of methoxy groups -OCH3 is 1. The van der Waals surface area contributed by atoms with Crippen molar-refractivity contribution < 1.29 is 4.74 Å². The Balaban J connectivity index is 2.15. The molecule has 0 aliphatic carbocycles. The minimum absolute atomic E-state index is 0.594. The molecule has 3 rings (SSSR count). The predicted octanol–water partition coefficient (Wildman–Crippen LogP) is 3.25. The highest BCUT2D eigenvalue weighted by molar-refractivity contribution is 6.30. The monoisotopic (exact) mass is 273 g/mol. The van der Waals surface area contributed by atoms with Gasteiger partial charge in [-0.2, -0.15) is 0 Å². The molecule has 5 heteroatoms. The Hall–Kier alpha value is -2.20. The summed E-state index contributed by atoms with van der Waals surface area (Å²) < 4.78 is 6.95. The number of fused-ring (bicyclic) bond motifs is 1. The van der Waals surface area contributed by atoms with Crippen LogP contribution in [0.5, 0.6) is 5.75 Å². The highest BCUT2D eigenvalue weighted by atomic mass is 35.5. The van der Waals surface area contributed by atoms with Crippen molar-refractivity contribution in [2.45, 2.75) is 0 Å². The maximum absolute atomic E-state index is 6.12. The maximum atomic E-state index is 6.12. The SMILES string of the molecule is COc1ccc(-c2nc3cc(Cl)ccn3c2N)cc1. The molecule has 2 N–H and O–H groups in total. The van der Waals surface area contributed by atoms with Gasteiger partial charge in [-0.15, -0.1) is 0 Å². The number of hydrogen-bond acceptors (Lipinski definition) is 3. The summed E-state index contributed by atoms with van der Waals surface area (Å²) in [7, 11) is 1.64. The number of nitrogens with zero attached hydrogens (tertiary/aromatic N) is 2. The Labute approximate surface area is 115 Å². The molecule has 1 aromatic carbocycles. The highest BCUT2D eigenvalue weighted by Gasteiger charge is 2.11. The summed E-state index contributed by atoms with van der Waals surface area (Å²) >= 11 is 5.96. The zero-order valence-corrected chi connectivity index (χ0v) is 11.1. The number of halogens is 1. The van der Waals surface area contributed by atoms with Gasteiger partial charge in [0.2, 0.25) is 0 Å². The van der Waals surface area contributed by atoms with Crippen molar-refractivity contribution in [1.82, 2.24) is 9.38 Å². The lowest BCUT2D eigenvalue weighted by molar-refractivity contribution is 0.415. The van der Waals surface area contributed by atoms with Crippen molar-refractivity contribution in [3.8, 4) is 17.0 Å². The number of hydrogen-bond donors (Lipinski definition) is 1. The molecular weight excluding hydrogens is 262 g/mol. The van der Waals surface area contributed by atoms with Gasteiger partial charge in [0, 0.05) is 22.8 Å². The summed E-state index contributed by atoms with van der Waals surface area (Å²) in [6.45, 7) is 0. The number of anilines is 1. The zero-order valence-electron chi connectivity index (χ0n) is 10.3. The standard InChI is InChI=1S/C14H12ClN3O/c1-19-11-4-2-9(3-5-11)13-14(16)18-7-6-10(15)8-12(18)17-13/h2-8H,16H2,1H3. The van der Waals surface area contributed by atoms with Crippen LogP contribution in [0.3, 0.4) is 0 Å². The summed E-state index contributed by atoms with van der Waals surface area (Å²) in [5, 5.41) is 0.638. The van der Waals surface area contributed by atoms with Gasteiger partial charge in [0.05, 0.1) is 7.11 Å². The second kappa shape index (κ2) is 4.48. The largest absolute Gasteiger partial charge is 0.497 e. The number of imidazole rings is 1. The van der Waals surface area contributed by atoms with E-state index < -0.39 is 0 Å². The molecule has 0 saturated heterocycles. The van der Waals surface area contributed by atoms with Crippen molar-refractivity contribution in [2.75, 3.05) is 12.8 Å². The summed E-state index contributed by atoms with van der Waals surface area (Å²) in [5.41, 5.74) is 8.53. The van der Waals surface area contributed by atoms with E-state index in [0.717, 1.165) is 22.7 Å². The van der Waals surface area contributed by atoms with Crippen LogP contribution in [0.4, 0.5) is 5.82 Å². The van der Waals surface area contributed by atoms with Gasteiger partial charge < -0.3 is 10.5 Å². The van der Waals surface area contributed by atoms with Crippen LogP contribution in [-0.4, -0.2) is 16.5 Å². The molecule has 0 unspecified atom stereocenters. The third kappa shape index (κ3) is 2.00. The molecule has 0 fully saturated rings. The Bertz CT molecular complexity index is 734. The van der Waals surface area contributed by atoms with Crippen LogP contribution in [0.25, 0.3) is 16.9 Å². The topological polar surface area (TPSA) is 52.5 Å². The molecular formula is C14H12ClN3O. The molecule has 0 amide bonds. The normalized spacial score (nSPS) is 10.8. The fraction of sp³-hybridized carbons (Fsp3) is 0.0714. The van der Waals surface area contributed by atoms with Crippen LogP contribution in [0.1, 0.15) is 0 Å². The van der Waals surface area contributed by atoms with Gasteiger partial charge in [-0.25, -0.2) is 4.98 Å². The maximum Gasteiger partial charge on any atom is 0.140 e. The van der Waals surface area contributed by atoms with Crippen molar-refractivity contribution in [3.05, 3.63) is 47.6 Å². The van der Waals surface area contributed by atoms with Gasteiger partial charge in [-0.3, -0.25) is 4.40 Å². The first-order valence-electron chi connectivity index (χ1n) is 5.76. The molecule has 96 valence electrons. The number of aromatic nitrogens is 2. The van der Waals surface area contributed by atoms with Crippen LogP contribution in [0, 0.1) is 0 Å². The first-order valence-corrected chi connectivity index (χ1v) is 6.14. The second-order valence-electron chi connectivity index (χ2n) is 4.15. The molecule has 4 nitrogen and oxygen atoms in total. The number of ether oxygens (including phenoxy) is 1. The van der Waals surface area contributed by atoms with E-state index in [9.17, 15) is 0 Å². The second-order valence-corrected chi connectivity index (χ2v) is 4.58. The first kappa shape index (κ1) is 11.9. The van der Waals surface area contributed by atoms with Gasteiger partial charge in [0.25, 0.3) is 0 Å². The summed E-state index contributed by atoms with van der Waals surface area (Å²) in [6, 6.07) is 11.2. The van der Waals surface area contributed by atoms with Crippen LogP contribution in [0.15, 0.2) is 42.6 Å². The number of rotatable bonds is 2. The van der Waals surface area contributed by atoms with Crippen molar-refractivity contribution in [3.63, 3.8) is 0 Å². The van der Waals surface area contributed by atoms with Crippen LogP contribution < -0.4 is 10.5 Å². The summed E-state index contributed by atoms with van der Waals surface area (Å²) in [6.07, 6.45) is 1.81. The third-order valence-electron chi connectivity index (χ3n) is 2.99. The molecule has 3 aromatic rings. The molecule has 0 atom stereocenters. The molecule has 0 spiro atoms. The smallest absolute Gasteiger partial charge is 0.140 e. The van der Waals surface area contributed by atoms with E-state index >= 15 is 0 Å². The van der Waals surface area contributed by atoms with Gasteiger partial charge >= 0.3 is 0 Å². The lowest BCUT2D eigenvalue weighted by Crippen LogP contribution is -1.93. The number of benzene rings is 1. The highest BCUT2D eigenvalue weighted by Crippen LogP contribution is 2.28. The Morgan fingerprint density at radius 2 is 1.95 bits per heavy atom. The van der Waals surface area contributed by atoms with Crippen LogP contribution >= 0.6 is 11.6 Å². The Morgan fingerprint density at radius 3 is 2.63 bits per heavy atom. The lowest BCUT2D eigenvalue weighted by atomic mass is 10.1. The minimum Gasteiger partial charge on any atom is -0.497 e. The van der Waals surface area contributed by atoms with Gasteiger partial charge in [-0.05, 0) is 30.3 Å². The van der Waals surface area contributed by atoms with E-state index in [1.165, 1.54) is 0 Å². The summed E-state index contributed by atoms with van der Waals surface area (Å²) in [4.78, 5) is 4.51. The zero-order chi connectivity index (χ0) is 13.4. The van der Waals surface area contributed by atoms with Crippen molar-refractivity contribution >= 4 is 23.1 Å². The predicted molar refractivity (Wildman–Crippen MR) is 76.6 cm³/mol. The number of nitrogen functional groups attached to an aromatic ring is 1. The van der Waals surface area contributed by atoms with E-state index in [1.54, 1.807) is 19.2 Å². The molecule has 0 aliphatic heterocycles. The van der Waals surface area contributed by atoms with E-state index in [2.05, 4.69) is 4.98 Å². The minimum atomic E-state index is 0.594. The molecule has 0 radical (unpaired) electrons. The number of nitrogens with two attached hydrogens (primary N) is 1. The van der Waals surface area contributed by atoms with Crippen LogP contribution in [-0.2, 0) is 0 Å². The Kier molecular flexibility index (Phi) is 2.80. The average molecular weight is 274 g/mol. The van der Waals surface area contributed by atoms with Gasteiger partial charge in [0.1, 0.15) is 22.9 Å². The van der Waals surface area contributed by atoms with Gasteiger partial charge in [0.15, 0.2) is 0 Å². The lowest BCUT2D eigenvalue weighted by Gasteiger charge is -2.02. The number of pyridine rings is 1. The fourth-order valence-electron chi connectivity index (χ4n) is 2.00. The molecule has 2 heterocycles. The molecule has 0 saturated carbocycles. The van der Waals surface area contributed by atoms with E-state index in [0.29, 0.717) is 10.8 Å². The fourth-order valence-corrected chi connectivity index (χ4v) is 2.15. The van der Waals surface area contributed by atoms with E-state index in [4.69, 9.17) is 22.1 Å². The molecule has 19 heavy (non-hydrogen) atoms. The quantitative estimate of drug-likeness (QED) is 0.780. The van der Waals surface area contributed by atoms with E-state index in [1.807, 2.05) is 34.9 Å².